The van der Waals surface area contributed by atoms with Crippen LogP contribution in [-0.2, 0) is 7.05 Å². The minimum absolute atomic E-state index is 0.130. The van der Waals surface area contributed by atoms with E-state index < -0.39 is 0 Å². The molecule has 1 aliphatic carbocycles. The van der Waals surface area contributed by atoms with Gasteiger partial charge in [-0.05, 0) is 43.4 Å². The molecule has 3 aromatic heterocycles. The lowest BCUT2D eigenvalue weighted by Gasteiger charge is -2.29. The largest absolute Gasteiger partial charge is 0.348 e. The molecule has 6 heteroatoms. The molecule has 0 radical (unpaired) electrons. The van der Waals surface area contributed by atoms with Gasteiger partial charge in [0.05, 0.1) is 5.39 Å². The Balaban J connectivity index is 1.79. The molecule has 1 saturated carbocycles. The molecule has 3 heterocycles. The van der Waals surface area contributed by atoms with Crippen LogP contribution < -0.4 is 10.9 Å². The highest BCUT2D eigenvalue weighted by molar-refractivity contribution is 5.98. The first kappa shape index (κ1) is 16.8. The predicted octanol–water partition coefficient (Wildman–Crippen LogP) is 2.80. The SMILES string of the molecule is Cc1cccn2c(=O)c3cc(C(=O)N[C@H]4CCCC[C@@H]4C)n(C)c3nc12. The van der Waals surface area contributed by atoms with E-state index in [-0.39, 0.29) is 17.5 Å². The van der Waals surface area contributed by atoms with Crippen molar-refractivity contribution in [2.24, 2.45) is 13.0 Å². The van der Waals surface area contributed by atoms with Gasteiger partial charge in [0, 0.05) is 19.3 Å². The second-order valence-electron chi connectivity index (χ2n) is 7.47. The minimum Gasteiger partial charge on any atom is -0.348 e. The van der Waals surface area contributed by atoms with Crippen LogP contribution in [0.15, 0.2) is 29.2 Å². The van der Waals surface area contributed by atoms with Crippen molar-refractivity contribution in [3.8, 4) is 0 Å². The molecule has 26 heavy (non-hydrogen) atoms. The Morgan fingerprint density at radius 3 is 2.81 bits per heavy atom. The van der Waals surface area contributed by atoms with Gasteiger partial charge < -0.3 is 9.88 Å². The number of rotatable bonds is 2. The van der Waals surface area contributed by atoms with Crippen LogP contribution in [0.1, 0.15) is 48.7 Å². The van der Waals surface area contributed by atoms with E-state index in [1.165, 1.54) is 6.42 Å². The van der Waals surface area contributed by atoms with Crippen molar-refractivity contribution in [2.75, 3.05) is 0 Å². The number of amides is 1. The summed E-state index contributed by atoms with van der Waals surface area (Å²) in [6, 6.07) is 5.62. The standard InChI is InChI=1S/C20H24N4O2/c1-12-7-4-5-9-15(12)21-19(25)16-11-14-18(23(16)3)22-17-13(2)8-6-10-24(17)20(14)26/h6,8,10-12,15H,4-5,7,9H2,1-3H3,(H,21,25)/t12-,15-/m0/s1. The van der Waals surface area contributed by atoms with Crippen LogP contribution in [0, 0.1) is 12.8 Å². The number of fused-ring (bicyclic) bond motifs is 2. The lowest BCUT2D eigenvalue weighted by Crippen LogP contribution is -2.41. The molecule has 1 fully saturated rings. The van der Waals surface area contributed by atoms with E-state index in [0.717, 1.165) is 24.8 Å². The Labute approximate surface area is 151 Å². The first-order valence-corrected chi connectivity index (χ1v) is 9.25. The van der Waals surface area contributed by atoms with Gasteiger partial charge in [0.25, 0.3) is 11.5 Å². The zero-order valence-corrected chi connectivity index (χ0v) is 15.5. The summed E-state index contributed by atoms with van der Waals surface area (Å²) in [5, 5.41) is 3.63. The van der Waals surface area contributed by atoms with E-state index in [1.54, 1.807) is 28.3 Å². The van der Waals surface area contributed by atoms with Gasteiger partial charge in [-0.25, -0.2) is 4.98 Å². The van der Waals surface area contributed by atoms with E-state index in [1.807, 2.05) is 19.1 Å². The third kappa shape index (κ3) is 2.60. The summed E-state index contributed by atoms with van der Waals surface area (Å²) in [6.45, 7) is 4.11. The molecule has 2 atom stereocenters. The highest BCUT2D eigenvalue weighted by Gasteiger charge is 2.25. The van der Waals surface area contributed by atoms with E-state index in [2.05, 4.69) is 17.2 Å². The van der Waals surface area contributed by atoms with Crippen molar-refractivity contribution in [3.05, 3.63) is 46.0 Å². The monoisotopic (exact) mass is 352 g/mol. The van der Waals surface area contributed by atoms with Gasteiger partial charge in [-0.2, -0.15) is 0 Å². The third-order valence-electron chi connectivity index (χ3n) is 5.68. The first-order valence-electron chi connectivity index (χ1n) is 9.25. The van der Waals surface area contributed by atoms with Crippen molar-refractivity contribution >= 4 is 22.6 Å². The molecule has 1 N–H and O–H groups in total. The van der Waals surface area contributed by atoms with Crippen LogP contribution in [0.4, 0.5) is 0 Å². The van der Waals surface area contributed by atoms with Gasteiger partial charge in [0.1, 0.15) is 17.0 Å². The van der Waals surface area contributed by atoms with E-state index in [9.17, 15) is 9.59 Å². The maximum absolute atomic E-state index is 12.9. The smallest absolute Gasteiger partial charge is 0.268 e. The Morgan fingerprint density at radius 1 is 1.27 bits per heavy atom. The molecular formula is C20H24N4O2. The summed E-state index contributed by atoms with van der Waals surface area (Å²) in [7, 11) is 1.79. The molecule has 0 spiro atoms. The lowest BCUT2D eigenvalue weighted by atomic mass is 9.86. The number of nitrogens with one attached hydrogen (secondary N) is 1. The van der Waals surface area contributed by atoms with Crippen LogP contribution >= 0.6 is 0 Å². The molecule has 1 amide bonds. The second-order valence-corrected chi connectivity index (χ2v) is 7.47. The van der Waals surface area contributed by atoms with Crippen molar-refractivity contribution in [1.82, 2.24) is 19.3 Å². The summed E-state index contributed by atoms with van der Waals surface area (Å²) in [5.41, 5.74) is 2.44. The maximum Gasteiger partial charge on any atom is 0.268 e. The Kier molecular flexibility index (Phi) is 4.05. The van der Waals surface area contributed by atoms with Gasteiger partial charge in [0.15, 0.2) is 0 Å². The number of aromatic nitrogens is 3. The fraction of sp³-hybridized carbons (Fsp3) is 0.450. The summed E-state index contributed by atoms with van der Waals surface area (Å²) >= 11 is 0. The highest BCUT2D eigenvalue weighted by Crippen LogP contribution is 2.24. The molecule has 0 aliphatic heterocycles. The zero-order chi connectivity index (χ0) is 18.4. The van der Waals surface area contributed by atoms with E-state index >= 15 is 0 Å². The predicted molar refractivity (Wildman–Crippen MR) is 102 cm³/mol. The summed E-state index contributed by atoms with van der Waals surface area (Å²) in [6.07, 6.45) is 6.26. The van der Waals surface area contributed by atoms with Gasteiger partial charge in [-0.3, -0.25) is 14.0 Å². The van der Waals surface area contributed by atoms with Gasteiger partial charge in [-0.1, -0.05) is 25.8 Å². The number of pyridine rings is 1. The molecule has 0 bridgehead atoms. The first-order chi connectivity index (χ1) is 12.5. The molecule has 4 rings (SSSR count). The maximum atomic E-state index is 12.9. The lowest BCUT2D eigenvalue weighted by molar-refractivity contribution is 0.0902. The minimum atomic E-state index is -0.144. The normalized spacial score (nSPS) is 20.6. The number of hydrogen-bond acceptors (Lipinski definition) is 3. The van der Waals surface area contributed by atoms with Crippen LogP contribution in [0.2, 0.25) is 0 Å². The van der Waals surface area contributed by atoms with Crippen molar-refractivity contribution in [3.63, 3.8) is 0 Å². The molecule has 136 valence electrons. The van der Waals surface area contributed by atoms with Gasteiger partial charge >= 0.3 is 0 Å². The van der Waals surface area contributed by atoms with Crippen molar-refractivity contribution in [2.45, 2.75) is 45.6 Å². The number of carbonyl (C=O) groups is 1. The van der Waals surface area contributed by atoms with Crippen LogP contribution in [0.5, 0.6) is 0 Å². The third-order valence-corrected chi connectivity index (χ3v) is 5.68. The van der Waals surface area contributed by atoms with E-state index in [4.69, 9.17) is 0 Å². The number of carbonyl (C=O) groups excluding carboxylic acids is 1. The van der Waals surface area contributed by atoms with Crippen molar-refractivity contribution in [1.29, 1.82) is 0 Å². The molecule has 0 unspecified atom stereocenters. The average molecular weight is 352 g/mol. The number of hydrogen-bond donors (Lipinski definition) is 1. The quantitative estimate of drug-likeness (QED) is 0.771. The van der Waals surface area contributed by atoms with Gasteiger partial charge in [0.2, 0.25) is 0 Å². The highest BCUT2D eigenvalue weighted by atomic mass is 16.2. The van der Waals surface area contributed by atoms with Gasteiger partial charge in [-0.15, -0.1) is 0 Å². The van der Waals surface area contributed by atoms with Crippen LogP contribution in [-0.4, -0.2) is 25.9 Å². The molecule has 0 aromatic carbocycles. The Bertz CT molecular complexity index is 1060. The summed E-state index contributed by atoms with van der Waals surface area (Å²) < 4.78 is 3.27. The molecule has 3 aromatic rings. The van der Waals surface area contributed by atoms with Crippen LogP contribution in [0.25, 0.3) is 16.7 Å². The zero-order valence-electron chi connectivity index (χ0n) is 15.5. The molecule has 0 saturated heterocycles. The molecule has 1 aliphatic rings. The topological polar surface area (TPSA) is 68.4 Å². The summed E-state index contributed by atoms with van der Waals surface area (Å²) in [4.78, 5) is 30.3. The fourth-order valence-corrected chi connectivity index (χ4v) is 4.02. The molecule has 6 nitrogen and oxygen atoms in total. The Morgan fingerprint density at radius 2 is 2.04 bits per heavy atom. The second kappa shape index (κ2) is 6.27. The van der Waals surface area contributed by atoms with Crippen LogP contribution in [0.3, 0.4) is 0 Å². The summed E-state index contributed by atoms with van der Waals surface area (Å²) in [5.74, 6) is 0.353. The fourth-order valence-electron chi connectivity index (χ4n) is 4.02. The average Bonchev–Trinajstić information content (AvgIpc) is 2.96. The van der Waals surface area contributed by atoms with Crippen molar-refractivity contribution < 1.29 is 4.79 Å². The Hall–Kier alpha value is -2.63. The number of nitrogens with zero attached hydrogens (tertiary/aromatic N) is 3. The number of aryl methyl sites for hydroxylation is 2. The molecular weight excluding hydrogens is 328 g/mol. The van der Waals surface area contributed by atoms with E-state index in [0.29, 0.717) is 28.3 Å².